The van der Waals surface area contributed by atoms with Crippen molar-refractivity contribution >= 4 is 35.0 Å². The molecule has 1 saturated heterocycles. The molecule has 0 atom stereocenters. The van der Waals surface area contributed by atoms with E-state index in [9.17, 15) is 27.6 Å². The van der Waals surface area contributed by atoms with Gasteiger partial charge >= 0.3 is 0 Å². The molecule has 38 heavy (non-hydrogen) atoms. The summed E-state index contributed by atoms with van der Waals surface area (Å²) in [6.07, 6.45) is 0.813. The van der Waals surface area contributed by atoms with Gasteiger partial charge in [0.2, 0.25) is 0 Å². The van der Waals surface area contributed by atoms with Crippen LogP contribution in [-0.4, -0.2) is 64.3 Å². The van der Waals surface area contributed by atoms with Crippen LogP contribution in [0.25, 0.3) is 5.69 Å². The van der Waals surface area contributed by atoms with Gasteiger partial charge in [0.25, 0.3) is 23.6 Å². The Morgan fingerprint density at radius 2 is 1.74 bits per heavy atom. The van der Waals surface area contributed by atoms with Crippen LogP contribution in [0.5, 0.6) is 0 Å². The Hall–Kier alpha value is -3.90. The molecule has 1 aromatic heterocycles. The fourth-order valence-corrected chi connectivity index (χ4v) is 4.29. The zero-order valence-electron chi connectivity index (χ0n) is 20.0. The molecule has 9 nitrogen and oxygen atoms in total. The number of nitrogens with zero attached hydrogens (tertiary/aromatic N) is 3. The lowest BCUT2D eigenvalue weighted by Gasteiger charge is -2.31. The number of imidazole rings is 1. The van der Waals surface area contributed by atoms with Gasteiger partial charge in [-0.25, -0.2) is 18.2 Å². The number of aromatic nitrogens is 2. The van der Waals surface area contributed by atoms with E-state index in [-0.39, 0.29) is 54.4 Å². The summed E-state index contributed by atoms with van der Waals surface area (Å²) in [5.74, 6) is -5.27. The molecule has 0 spiro atoms. The van der Waals surface area contributed by atoms with E-state index in [0.29, 0.717) is 17.9 Å². The van der Waals surface area contributed by atoms with Gasteiger partial charge in [0.1, 0.15) is 17.8 Å². The van der Waals surface area contributed by atoms with Gasteiger partial charge in [-0.15, -0.1) is 0 Å². The average Bonchev–Trinajstić information content (AvgIpc) is 3.31. The second-order valence-corrected chi connectivity index (χ2v) is 9.16. The normalized spacial score (nSPS) is 15.2. The van der Waals surface area contributed by atoms with Crippen LogP contribution >= 0.6 is 11.6 Å². The molecule has 0 saturated carbocycles. The molecule has 0 bridgehead atoms. The molecular weight excluding hydrogens is 525 g/mol. The van der Waals surface area contributed by atoms with Crippen molar-refractivity contribution in [3.05, 3.63) is 76.6 Å². The summed E-state index contributed by atoms with van der Waals surface area (Å²) >= 11 is 5.94. The Bertz CT molecular complexity index is 1350. The summed E-state index contributed by atoms with van der Waals surface area (Å²) in [7, 11) is 0. The van der Waals surface area contributed by atoms with Gasteiger partial charge in [-0.1, -0.05) is 11.6 Å². The number of benzene rings is 2. The number of hydrogen-bond acceptors (Lipinski definition) is 5. The number of primary amides is 1. The van der Waals surface area contributed by atoms with Gasteiger partial charge in [-0.3, -0.25) is 19.0 Å². The van der Waals surface area contributed by atoms with Crippen LogP contribution < -0.4 is 16.4 Å². The number of nitrogens with one attached hydrogen (secondary N) is 2. The molecule has 3 amide bonds. The topological polar surface area (TPSA) is 122 Å². The maximum Gasteiger partial charge on any atom is 0.270 e. The van der Waals surface area contributed by atoms with Crippen molar-refractivity contribution in [2.24, 2.45) is 5.73 Å². The Morgan fingerprint density at radius 1 is 1.05 bits per heavy atom. The number of halogens is 4. The van der Waals surface area contributed by atoms with Gasteiger partial charge in [0, 0.05) is 50.4 Å². The highest BCUT2D eigenvalue weighted by Crippen LogP contribution is 2.27. The third kappa shape index (κ3) is 6.32. The van der Waals surface area contributed by atoms with E-state index in [1.165, 1.54) is 17.0 Å². The number of carbonyl (C=O) groups excluding carboxylic acids is 3. The van der Waals surface area contributed by atoms with Crippen molar-refractivity contribution < 1.29 is 27.6 Å². The van der Waals surface area contributed by atoms with Crippen LogP contribution in [0, 0.1) is 5.82 Å². The minimum atomic E-state index is -2.66. The highest BCUT2D eigenvalue weighted by Gasteiger charge is 2.33. The van der Waals surface area contributed by atoms with Gasteiger partial charge in [-0.05, 0) is 42.5 Å². The van der Waals surface area contributed by atoms with Crippen LogP contribution in [-0.2, 0) is 0 Å². The molecular formula is C25H24ClF3N6O3. The predicted octanol–water partition coefficient (Wildman–Crippen LogP) is 3.48. The first-order valence-corrected chi connectivity index (χ1v) is 12.0. The van der Waals surface area contributed by atoms with Crippen LogP contribution in [0.4, 0.5) is 18.9 Å². The molecule has 0 unspecified atom stereocenters. The monoisotopic (exact) mass is 548 g/mol. The summed E-state index contributed by atoms with van der Waals surface area (Å²) < 4.78 is 41.3. The van der Waals surface area contributed by atoms with E-state index in [1.54, 1.807) is 24.3 Å². The van der Waals surface area contributed by atoms with E-state index in [0.717, 1.165) is 12.1 Å². The van der Waals surface area contributed by atoms with E-state index < -0.39 is 29.5 Å². The largest absolute Gasteiger partial charge is 0.364 e. The number of rotatable bonds is 8. The smallest absolute Gasteiger partial charge is 0.270 e. The number of alkyl halides is 2. The summed E-state index contributed by atoms with van der Waals surface area (Å²) in [5.41, 5.74) is 6.03. The Kier molecular flexibility index (Phi) is 8.02. The number of amides is 3. The van der Waals surface area contributed by atoms with Gasteiger partial charge in [-0.2, -0.15) is 0 Å². The molecule has 4 N–H and O–H groups in total. The zero-order valence-corrected chi connectivity index (χ0v) is 20.8. The molecule has 0 aliphatic carbocycles. The van der Waals surface area contributed by atoms with Crippen LogP contribution in [0.3, 0.4) is 0 Å². The van der Waals surface area contributed by atoms with E-state index in [2.05, 4.69) is 15.6 Å². The zero-order chi connectivity index (χ0) is 27.4. The van der Waals surface area contributed by atoms with Crippen molar-refractivity contribution in [2.45, 2.75) is 18.8 Å². The second-order valence-electron chi connectivity index (χ2n) is 8.75. The number of likely N-dealkylation sites (tertiary alicyclic amines) is 1. The molecule has 4 rings (SSSR count). The summed E-state index contributed by atoms with van der Waals surface area (Å²) in [6, 6.07) is 9.70. The Morgan fingerprint density at radius 3 is 2.37 bits per heavy atom. The van der Waals surface area contributed by atoms with Gasteiger partial charge in [0.15, 0.2) is 5.69 Å². The highest BCUT2D eigenvalue weighted by atomic mass is 35.5. The third-order valence-electron chi connectivity index (χ3n) is 6.10. The maximum absolute atomic E-state index is 13.3. The standard InChI is InChI=1S/C25H24ClF3N6O3/c26-19-13-15(27)1-6-18(19)23(37)33-16-2-4-17(5-3-16)35-14-32-20(22(30)36)21(35)24(38)31-9-12-34-10-7-25(28,29)8-11-34/h1-6,13-14H,7-12H2,(H2,30,36)(H,31,38)(H,33,37). The third-order valence-corrected chi connectivity index (χ3v) is 6.41. The number of anilines is 1. The van der Waals surface area contributed by atoms with Crippen molar-refractivity contribution in [1.82, 2.24) is 19.8 Å². The molecule has 13 heteroatoms. The van der Waals surface area contributed by atoms with E-state index in [4.69, 9.17) is 17.3 Å². The van der Waals surface area contributed by atoms with Gasteiger partial charge in [0.05, 0.1) is 10.6 Å². The molecule has 200 valence electrons. The molecule has 3 aromatic rings. The summed E-state index contributed by atoms with van der Waals surface area (Å²) in [6.45, 7) is 0.992. The fourth-order valence-electron chi connectivity index (χ4n) is 4.03. The van der Waals surface area contributed by atoms with Gasteiger partial charge < -0.3 is 21.3 Å². The first kappa shape index (κ1) is 27.1. The van der Waals surface area contributed by atoms with Crippen LogP contribution in [0.15, 0.2) is 48.8 Å². The lowest BCUT2D eigenvalue weighted by atomic mass is 10.1. The molecule has 1 aliphatic heterocycles. The average molecular weight is 549 g/mol. The summed E-state index contributed by atoms with van der Waals surface area (Å²) in [5, 5.41) is 5.30. The molecule has 0 radical (unpaired) electrons. The second kappa shape index (κ2) is 11.2. The molecule has 1 fully saturated rings. The number of carbonyl (C=O) groups is 3. The summed E-state index contributed by atoms with van der Waals surface area (Å²) in [4.78, 5) is 43.2. The van der Waals surface area contributed by atoms with E-state index in [1.807, 2.05) is 4.90 Å². The Labute approximate surface area is 220 Å². The quantitative estimate of drug-likeness (QED) is 0.398. The molecule has 2 aromatic carbocycles. The van der Waals surface area contributed by atoms with Crippen molar-refractivity contribution in [3.8, 4) is 5.69 Å². The van der Waals surface area contributed by atoms with Crippen LogP contribution in [0.1, 0.15) is 44.2 Å². The highest BCUT2D eigenvalue weighted by molar-refractivity contribution is 6.34. The first-order valence-electron chi connectivity index (χ1n) is 11.7. The minimum Gasteiger partial charge on any atom is -0.364 e. The van der Waals surface area contributed by atoms with E-state index >= 15 is 0 Å². The van der Waals surface area contributed by atoms with Crippen LogP contribution in [0.2, 0.25) is 5.02 Å². The first-order chi connectivity index (χ1) is 18.0. The van der Waals surface area contributed by atoms with Crippen molar-refractivity contribution in [2.75, 3.05) is 31.5 Å². The number of piperidine rings is 1. The lowest BCUT2D eigenvalue weighted by molar-refractivity contribution is -0.0547. The lowest BCUT2D eigenvalue weighted by Crippen LogP contribution is -2.43. The fraction of sp³-hybridized carbons (Fsp3) is 0.280. The predicted molar refractivity (Wildman–Crippen MR) is 134 cm³/mol. The SMILES string of the molecule is NC(=O)c1ncn(-c2ccc(NC(=O)c3ccc(F)cc3Cl)cc2)c1C(=O)NCCN1CCC(F)(F)CC1. The minimum absolute atomic E-state index is 0.0367. The Balaban J connectivity index is 1.45. The maximum atomic E-state index is 13.3. The van der Waals surface area contributed by atoms with Crippen molar-refractivity contribution in [3.63, 3.8) is 0 Å². The number of nitrogens with two attached hydrogens (primary N) is 1. The molecule has 2 heterocycles. The molecule has 1 aliphatic rings. The van der Waals surface area contributed by atoms with Crippen molar-refractivity contribution in [1.29, 1.82) is 0 Å². The number of hydrogen-bond donors (Lipinski definition) is 3.